The molecule has 0 aromatic heterocycles. The smallest absolute Gasteiger partial charge is 0.341 e. The molecule has 1 aromatic rings. The van der Waals surface area contributed by atoms with E-state index in [4.69, 9.17) is 34.8 Å². The topological polar surface area (TPSA) is 26.3 Å². The predicted molar refractivity (Wildman–Crippen MR) is 56.9 cm³/mol. The summed E-state index contributed by atoms with van der Waals surface area (Å²) in [7, 11) is 0. The quantitative estimate of drug-likeness (QED) is 0.615. The minimum absolute atomic E-state index is 0.421. The van der Waals surface area contributed by atoms with Crippen LogP contribution in [0.15, 0.2) is 18.2 Å². The Labute approximate surface area is 105 Å². The van der Waals surface area contributed by atoms with Crippen LogP contribution in [-0.2, 0) is 4.74 Å². The molecule has 0 amide bonds. The average Bonchev–Trinajstić information content (AvgIpc) is 2.13. The lowest BCUT2D eigenvalue weighted by Gasteiger charge is -2.11. The Morgan fingerprint density at radius 2 is 1.94 bits per heavy atom. The van der Waals surface area contributed by atoms with Gasteiger partial charge < -0.3 is 4.74 Å². The van der Waals surface area contributed by atoms with Crippen molar-refractivity contribution < 1.29 is 18.3 Å². The average molecular weight is 289 g/mol. The van der Waals surface area contributed by atoms with Crippen molar-refractivity contribution in [2.75, 3.05) is 6.61 Å². The molecular formula is C9H5Cl3F2O2. The molecule has 0 aliphatic rings. The first-order valence-corrected chi connectivity index (χ1v) is 5.12. The number of hydrogen-bond acceptors (Lipinski definition) is 2. The number of hydrogen-bond donors (Lipinski definition) is 0. The van der Waals surface area contributed by atoms with Gasteiger partial charge in [0.25, 0.3) is 0 Å². The Morgan fingerprint density at radius 3 is 2.44 bits per heavy atom. The fourth-order valence-corrected chi connectivity index (χ4v) is 1.04. The number of ether oxygens (including phenoxy) is 1. The van der Waals surface area contributed by atoms with E-state index in [0.717, 1.165) is 12.1 Å². The summed E-state index contributed by atoms with van der Waals surface area (Å²) in [6.07, 6.45) is 0. The molecule has 0 heterocycles. The zero-order valence-electron chi connectivity index (χ0n) is 7.65. The number of carbonyl (C=O) groups excluding carboxylic acids is 1. The van der Waals surface area contributed by atoms with Crippen LogP contribution in [0.5, 0.6) is 0 Å². The van der Waals surface area contributed by atoms with Crippen molar-refractivity contribution in [3.8, 4) is 0 Å². The van der Waals surface area contributed by atoms with Gasteiger partial charge in [0, 0.05) is 6.07 Å². The predicted octanol–water partition coefficient (Wildman–Crippen LogP) is 3.49. The number of benzene rings is 1. The van der Waals surface area contributed by atoms with Gasteiger partial charge in [-0.25, -0.2) is 13.6 Å². The number of carbonyl (C=O) groups is 1. The summed E-state index contributed by atoms with van der Waals surface area (Å²) in [5, 5.41) is 0. The number of alkyl halides is 3. The highest BCUT2D eigenvalue weighted by Crippen LogP contribution is 2.26. The first-order valence-electron chi connectivity index (χ1n) is 3.98. The van der Waals surface area contributed by atoms with Crippen LogP contribution < -0.4 is 0 Å². The summed E-state index contributed by atoms with van der Waals surface area (Å²) >= 11 is 16.0. The van der Waals surface area contributed by atoms with Gasteiger partial charge in [0.2, 0.25) is 3.79 Å². The molecule has 1 aromatic carbocycles. The Bertz CT molecular complexity index is 404. The van der Waals surface area contributed by atoms with Crippen molar-refractivity contribution in [2.24, 2.45) is 0 Å². The Balaban J connectivity index is 2.74. The minimum atomic E-state index is -1.77. The van der Waals surface area contributed by atoms with Crippen molar-refractivity contribution in [3.05, 3.63) is 35.4 Å². The fraction of sp³-hybridized carbons (Fsp3) is 0.222. The molecule has 0 bridgehead atoms. The van der Waals surface area contributed by atoms with Crippen molar-refractivity contribution >= 4 is 40.8 Å². The molecule has 7 heteroatoms. The van der Waals surface area contributed by atoms with Crippen LogP contribution in [0, 0.1) is 11.6 Å². The normalized spacial score (nSPS) is 11.3. The SMILES string of the molecule is O=C(OCC(Cl)(Cl)Cl)c1ccc(F)cc1F. The molecule has 0 saturated heterocycles. The lowest BCUT2D eigenvalue weighted by Crippen LogP contribution is -2.18. The third-order valence-corrected chi connectivity index (χ3v) is 1.85. The molecule has 0 N–H and O–H groups in total. The molecule has 0 spiro atoms. The lowest BCUT2D eigenvalue weighted by molar-refractivity contribution is 0.0506. The highest BCUT2D eigenvalue weighted by Gasteiger charge is 2.23. The molecular weight excluding hydrogens is 284 g/mol. The molecule has 0 saturated carbocycles. The van der Waals surface area contributed by atoms with Crippen molar-refractivity contribution in [1.29, 1.82) is 0 Å². The summed E-state index contributed by atoms with van der Waals surface area (Å²) in [6, 6.07) is 2.44. The van der Waals surface area contributed by atoms with Gasteiger partial charge in [-0.05, 0) is 12.1 Å². The highest BCUT2D eigenvalue weighted by atomic mass is 35.6. The fourth-order valence-electron chi connectivity index (χ4n) is 0.880. The molecule has 0 unspecified atom stereocenters. The summed E-state index contributed by atoms with van der Waals surface area (Å²) < 4.78 is 28.4. The molecule has 0 aliphatic heterocycles. The van der Waals surface area contributed by atoms with Crippen LogP contribution in [0.1, 0.15) is 10.4 Å². The van der Waals surface area contributed by atoms with Gasteiger partial charge in [-0.1, -0.05) is 34.8 Å². The molecule has 88 valence electrons. The number of halogens is 5. The van der Waals surface area contributed by atoms with Crippen LogP contribution in [0.2, 0.25) is 0 Å². The van der Waals surface area contributed by atoms with Crippen LogP contribution in [-0.4, -0.2) is 16.4 Å². The molecule has 1 rings (SSSR count). The molecule has 16 heavy (non-hydrogen) atoms. The molecule has 2 nitrogen and oxygen atoms in total. The Kier molecular flexibility index (Phi) is 4.35. The van der Waals surface area contributed by atoms with E-state index in [1.165, 1.54) is 0 Å². The van der Waals surface area contributed by atoms with Gasteiger partial charge in [-0.15, -0.1) is 0 Å². The van der Waals surface area contributed by atoms with Gasteiger partial charge >= 0.3 is 5.97 Å². The molecule has 0 aliphatic carbocycles. The van der Waals surface area contributed by atoms with Crippen LogP contribution in [0.4, 0.5) is 8.78 Å². The van der Waals surface area contributed by atoms with Crippen molar-refractivity contribution in [1.82, 2.24) is 0 Å². The minimum Gasteiger partial charge on any atom is -0.457 e. The molecule has 0 radical (unpaired) electrons. The van der Waals surface area contributed by atoms with E-state index in [1.54, 1.807) is 0 Å². The largest absolute Gasteiger partial charge is 0.457 e. The van der Waals surface area contributed by atoms with Gasteiger partial charge in [-0.2, -0.15) is 0 Å². The first-order chi connectivity index (χ1) is 7.29. The third-order valence-electron chi connectivity index (χ3n) is 1.52. The summed E-state index contributed by atoms with van der Waals surface area (Å²) in [4.78, 5) is 11.3. The molecule has 0 atom stereocenters. The lowest BCUT2D eigenvalue weighted by atomic mass is 10.2. The standard InChI is InChI=1S/C9H5Cl3F2O2/c10-9(11,12)4-16-8(15)6-2-1-5(13)3-7(6)14/h1-3H,4H2. The highest BCUT2D eigenvalue weighted by molar-refractivity contribution is 6.67. The van der Waals surface area contributed by atoms with Gasteiger partial charge in [0.1, 0.15) is 18.2 Å². The van der Waals surface area contributed by atoms with E-state index < -0.39 is 33.6 Å². The Morgan fingerprint density at radius 1 is 1.31 bits per heavy atom. The van der Waals surface area contributed by atoms with Gasteiger partial charge in [-0.3, -0.25) is 0 Å². The molecule has 0 fully saturated rings. The van der Waals surface area contributed by atoms with Crippen molar-refractivity contribution in [2.45, 2.75) is 3.79 Å². The van der Waals surface area contributed by atoms with Crippen LogP contribution in [0.25, 0.3) is 0 Å². The first kappa shape index (κ1) is 13.5. The Hall–Kier alpha value is -0.580. The summed E-state index contributed by atoms with van der Waals surface area (Å²) in [5.41, 5.74) is -0.421. The zero-order valence-corrected chi connectivity index (χ0v) is 9.91. The van der Waals surface area contributed by atoms with E-state index >= 15 is 0 Å². The van der Waals surface area contributed by atoms with Crippen molar-refractivity contribution in [3.63, 3.8) is 0 Å². The third kappa shape index (κ3) is 4.12. The van der Waals surface area contributed by atoms with E-state index in [-0.39, 0.29) is 0 Å². The number of rotatable bonds is 2. The zero-order chi connectivity index (χ0) is 12.3. The van der Waals surface area contributed by atoms with E-state index in [1.807, 2.05) is 0 Å². The maximum atomic E-state index is 13.1. The van der Waals surface area contributed by atoms with Gasteiger partial charge in [0.15, 0.2) is 0 Å². The number of esters is 1. The maximum absolute atomic E-state index is 13.1. The maximum Gasteiger partial charge on any atom is 0.341 e. The summed E-state index contributed by atoms with van der Waals surface area (Å²) in [6.45, 7) is -0.521. The second-order valence-electron chi connectivity index (χ2n) is 2.82. The van der Waals surface area contributed by atoms with Crippen LogP contribution in [0.3, 0.4) is 0 Å². The second kappa shape index (κ2) is 5.17. The summed E-state index contributed by atoms with van der Waals surface area (Å²) in [5.74, 6) is -2.85. The second-order valence-corrected chi connectivity index (χ2v) is 5.33. The monoisotopic (exact) mass is 288 g/mol. The van der Waals surface area contributed by atoms with E-state index in [9.17, 15) is 13.6 Å². The van der Waals surface area contributed by atoms with E-state index in [0.29, 0.717) is 6.07 Å². The van der Waals surface area contributed by atoms with E-state index in [2.05, 4.69) is 4.74 Å². The van der Waals surface area contributed by atoms with Gasteiger partial charge in [0.05, 0.1) is 5.56 Å². The van der Waals surface area contributed by atoms with Crippen LogP contribution >= 0.6 is 34.8 Å².